The maximum Gasteiger partial charge on any atom is 0.238 e. The molecule has 9 rings (SSSR count). The molecule has 1 heterocycles. The van der Waals surface area contributed by atoms with Gasteiger partial charge in [0.1, 0.15) is 5.75 Å². The summed E-state index contributed by atoms with van der Waals surface area (Å²) in [4.78, 5) is 73.6. The number of amides is 2. The van der Waals surface area contributed by atoms with Gasteiger partial charge in [-0.25, -0.2) is 0 Å². The first kappa shape index (κ1) is 34.6. The molecule has 2 amide bonds. The predicted molar refractivity (Wildman–Crippen MR) is 208 cm³/mol. The summed E-state index contributed by atoms with van der Waals surface area (Å²) in [5.74, 6) is -5.54. The Morgan fingerprint density at radius 3 is 2.05 bits per heavy atom. The van der Waals surface area contributed by atoms with Crippen molar-refractivity contribution >= 4 is 52.0 Å². The Morgan fingerprint density at radius 1 is 0.727 bits per heavy atom. The Bertz CT molecular complexity index is 2480. The molecule has 3 aliphatic carbocycles. The van der Waals surface area contributed by atoms with E-state index in [2.05, 4.69) is 0 Å². The number of anilines is 1. The van der Waals surface area contributed by atoms with Gasteiger partial charge in [-0.2, -0.15) is 0 Å². The molecule has 8 heteroatoms. The first-order valence-electron chi connectivity index (χ1n) is 18.4. The second-order valence-corrected chi connectivity index (χ2v) is 15.2. The number of benzene rings is 5. The number of nitrogens with zero attached hydrogens (tertiary/aromatic N) is 1. The summed E-state index contributed by atoms with van der Waals surface area (Å²) in [6.45, 7) is 0. The number of allylic oxidation sites excluding steroid dienone is 4. The number of phenolic OH excluding ortho intramolecular Hbond substituents is 1. The number of fused-ring (bicyclic) bond motifs is 4. The van der Waals surface area contributed by atoms with Crippen LogP contribution in [0.3, 0.4) is 0 Å². The molecule has 270 valence electrons. The number of ketones is 3. The van der Waals surface area contributed by atoms with Crippen molar-refractivity contribution in [3.63, 3.8) is 0 Å². The average molecular weight is 744 g/mol. The van der Waals surface area contributed by atoms with Crippen LogP contribution in [0.1, 0.15) is 51.4 Å². The molecule has 0 spiro atoms. The number of phenols is 1. The molecular weight excluding hydrogens is 710 g/mol. The molecule has 5 aromatic carbocycles. The first-order chi connectivity index (χ1) is 26.7. The zero-order valence-corrected chi connectivity index (χ0v) is 30.2. The third-order valence-corrected chi connectivity index (χ3v) is 12.3. The summed E-state index contributed by atoms with van der Waals surface area (Å²) in [5.41, 5.74) is 2.44. The van der Waals surface area contributed by atoms with E-state index in [1.165, 1.54) is 17.0 Å². The van der Waals surface area contributed by atoms with Gasteiger partial charge in [-0.3, -0.25) is 28.9 Å². The summed E-state index contributed by atoms with van der Waals surface area (Å²) in [5, 5.41) is 11.9. The topological polar surface area (TPSA) is 109 Å². The fourth-order valence-corrected chi connectivity index (χ4v) is 9.93. The van der Waals surface area contributed by atoms with Gasteiger partial charge in [0, 0.05) is 39.1 Å². The molecule has 7 nitrogen and oxygen atoms in total. The highest BCUT2D eigenvalue weighted by atomic mass is 35.5. The first-order valence-corrected chi connectivity index (χ1v) is 18.7. The van der Waals surface area contributed by atoms with Crippen LogP contribution in [0.2, 0.25) is 5.02 Å². The third-order valence-electron chi connectivity index (χ3n) is 12.1. The van der Waals surface area contributed by atoms with Gasteiger partial charge in [-0.05, 0) is 78.4 Å². The molecular formula is C47H34ClNO6. The molecule has 1 aliphatic heterocycles. The number of rotatable bonds is 6. The lowest BCUT2D eigenvalue weighted by Gasteiger charge is -2.55. The minimum Gasteiger partial charge on any atom is -0.508 e. The van der Waals surface area contributed by atoms with Crippen molar-refractivity contribution in [2.75, 3.05) is 4.90 Å². The van der Waals surface area contributed by atoms with Crippen LogP contribution in [0.5, 0.6) is 5.75 Å². The number of Topliss-reactive ketones (excluding diaryl/α,β-unsaturated/α-hetero) is 1. The highest BCUT2D eigenvalue weighted by Crippen LogP contribution is 2.64. The van der Waals surface area contributed by atoms with Gasteiger partial charge in [0.25, 0.3) is 0 Å². The van der Waals surface area contributed by atoms with Gasteiger partial charge in [-0.1, -0.05) is 114 Å². The lowest BCUT2D eigenvalue weighted by atomic mass is 9.44. The maximum atomic E-state index is 15.2. The van der Waals surface area contributed by atoms with Crippen LogP contribution in [0.15, 0.2) is 151 Å². The number of aromatic hydroxyl groups is 1. The minimum absolute atomic E-state index is 0.0918. The highest BCUT2D eigenvalue weighted by molar-refractivity contribution is 6.32. The number of carbonyl (C=O) groups excluding carboxylic acids is 5. The van der Waals surface area contributed by atoms with Crippen LogP contribution in [-0.2, 0) is 24.6 Å². The van der Waals surface area contributed by atoms with E-state index >= 15 is 9.59 Å². The molecule has 0 bridgehead atoms. The second kappa shape index (κ2) is 13.3. The van der Waals surface area contributed by atoms with Gasteiger partial charge in [-0.15, -0.1) is 0 Å². The molecule has 55 heavy (non-hydrogen) atoms. The van der Waals surface area contributed by atoms with Crippen LogP contribution in [-0.4, -0.2) is 34.3 Å². The van der Waals surface area contributed by atoms with E-state index in [0.717, 1.165) is 5.57 Å². The molecule has 0 aromatic heterocycles. The van der Waals surface area contributed by atoms with Crippen molar-refractivity contribution in [2.45, 2.75) is 24.2 Å². The number of hydrogen-bond acceptors (Lipinski definition) is 6. The summed E-state index contributed by atoms with van der Waals surface area (Å²) in [6.07, 6.45) is 3.75. The SMILES string of the molecule is O=C(c1ccccc1)c1ccc(N2C(=O)[C@H]3[C@H](CC=C4[C@H]3C[C@H]3C(=O)C(c5ccccc5)=CC(=O)[C@@]3(c3ccccc3)[C@H]4c3cc(Cl)ccc3O)C2=O)cc1. The van der Waals surface area contributed by atoms with Crippen LogP contribution in [0.25, 0.3) is 5.57 Å². The summed E-state index contributed by atoms with van der Waals surface area (Å²) in [6, 6.07) is 38.3. The van der Waals surface area contributed by atoms with Crippen molar-refractivity contribution < 1.29 is 29.1 Å². The molecule has 1 N–H and O–H groups in total. The molecule has 1 saturated carbocycles. The van der Waals surface area contributed by atoms with Crippen molar-refractivity contribution in [2.24, 2.45) is 23.7 Å². The van der Waals surface area contributed by atoms with E-state index in [1.54, 1.807) is 72.8 Å². The standard InChI is InChI=1S/C47H34ClNO6/c48-31-18-23-39(50)37(24-31)42-33-21-22-34-41(46(55)49(45(34)54)32-19-16-29(17-20-32)43(52)28-12-6-2-7-13-28)36(33)25-38-44(53)35(27-10-4-1-5-11-27)26-40(51)47(38,42)30-14-8-3-9-15-30/h1-21,23-24,26,34,36,38,41-42,50H,22,25H2/t34-,36+,38-,41-,42+,47-/m0/s1. The average Bonchev–Trinajstić information content (AvgIpc) is 3.48. The Kier molecular flexibility index (Phi) is 8.35. The van der Waals surface area contributed by atoms with Gasteiger partial charge in [0.15, 0.2) is 17.3 Å². The van der Waals surface area contributed by atoms with Gasteiger partial charge < -0.3 is 5.11 Å². The van der Waals surface area contributed by atoms with E-state index < -0.39 is 40.9 Å². The molecule has 6 atom stereocenters. The lowest BCUT2D eigenvalue weighted by molar-refractivity contribution is -0.135. The molecule has 0 unspecified atom stereocenters. The largest absolute Gasteiger partial charge is 0.508 e. The zero-order valence-electron chi connectivity index (χ0n) is 29.5. The Balaban J connectivity index is 1.18. The number of hydrogen-bond donors (Lipinski definition) is 1. The van der Waals surface area contributed by atoms with Crippen LogP contribution < -0.4 is 4.90 Å². The van der Waals surface area contributed by atoms with Crippen LogP contribution in [0.4, 0.5) is 5.69 Å². The van der Waals surface area contributed by atoms with Gasteiger partial charge in [0.2, 0.25) is 11.8 Å². The fourth-order valence-electron chi connectivity index (χ4n) is 9.75. The Hall–Kier alpha value is -6.18. The van der Waals surface area contributed by atoms with Crippen LogP contribution in [0, 0.1) is 23.7 Å². The van der Waals surface area contributed by atoms with Crippen molar-refractivity contribution in [3.05, 3.63) is 184 Å². The smallest absolute Gasteiger partial charge is 0.238 e. The van der Waals surface area contributed by atoms with Gasteiger partial charge >= 0.3 is 0 Å². The number of carbonyl (C=O) groups is 5. The maximum absolute atomic E-state index is 15.2. The lowest BCUT2D eigenvalue weighted by Crippen LogP contribution is -2.58. The molecule has 0 radical (unpaired) electrons. The molecule has 2 fully saturated rings. The summed E-state index contributed by atoms with van der Waals surface area (Å²) >= 11 is 6.61. The highest BCUT2D eigenvalue weighted by Gasteiger charge is 2.66. The van der Waals surface area contributed by atoms with Crippen molar-refractivity contribution in [1.29, 1.82) is 0 Å². The molecule has 5 aromatic rings. The van der Waals surface area contributed by atoms with E-state index in [0.29, 0.717) is 38.5 Å². The normalized spacial score (nSPS) is 25.8. The van der Waals surface area contributed by atoms with E-state index in [9.17, 15) is 19.5 Å². The van der Waals surface area contributed by atoms with Crippen molar-refractivity contribution in [3.8, 4) is 5.75 Å². The number of imide groups is 1. The monoisotopic (exact) mass is 743 g/mol. The molecule has 1 saturated heterocycles. The van der Waals surface area contributed by atoms with Crippen molar-refractivity contribution in [1.82, 2.24) is 0 Å². The van der Waals surface area contributed by atoms with E-state index in [4.69, 9.17) is 11.6 Å². The number of halogens is 1. The second-order valence-electron chi connectivity index (χ2n) is 14.7. The Labute approximate surface area is 322 Å². The summed E-state index contributed by atoms with van der Waals surface area (Å²) < 4.78 is 0. The minimum atomic E-state index is -1.49. The Morgan fingerprint density at radius 2 is 1.36 bits per heavy atom. The van der Waals surface area contributed by atoms with Gasteiger partial charge in [0.05, 0.1) is 22.9 Å². The molecule has 4 aliphatic rings. The fraction of sp³-hybridized carbons (Fsp3) is 0.170. The van der Waals surface area contributed by atoms with E-state index in [1.807, 2.05) is 60.7 Å². The third kappa shape index (κ3) is 5.29. The summed E-state index contributed by atoms with van der Waals surface area (Å²) in [7, 11) is 0. The van der Waals surface area contributed by atoms with Crippen LogP contribution >= 0.6 is 11.6 Å². The zero-order chi connectivity index (χ0) is 38.0. The predicted octanol–water partition coefficient (Wildman–Crippen LogP) is 8.31. The quantitative estimate of drug-likeness (QED) is 0.107. The van der Waals surface area contributed by atoms with E-state index in [-0.39, 0.29) is 47.4 Å².